The molecule has 1 atom stereocenters. The van der Waals surface area contributed by atoms with Crippen LogP contribution in [0.3, 0.4) is 0 Å². The highest BCUT2D eigenvalue weighted by Gasteiger charge is 2.42. The van der Waals surface area contributed by atoms with E-state index in [1.807, 2.05) is 61.5 Å². The number of benzene rings is 4. The van der Waals surface area contributed by atoms with E-state index < -0.39 is 16.1 Å². The van der Waals surface area contributed by atoms with E-state index in [9.17, 15) is 8.42 Å². The van der Waals surface area contributed by atoms with E-state index in [-0.39, 0.29) is 0 Å². The van der Waals surface area contributed by atoms with Crippen LogP contribution in [0.25, 0.3) is 11.1 Å². The van der Waals surface area contributed by atoms with E-state index >= 15 is 0 Å². The van der Waals surface area contributed by atoms with Gasteiger partial charge in [0.15, 0.2) is 0 Å². The zero-order valence-corrected chi connectivity index (χ0v) is 23.8. The van der Waals surface area contributed by atoms with Crippen LogP contribution in [-0.2, 0) is 10.0 Å². The molecule has 0 amide bonds. The predicted octanol–water partition coefficient (Wildman–Crippen LogP) is 8.61. The van der Waals surface area contributed by atoms with Crippen LogP contribution in [0.2, 0.25) is 0 Å². The third kappa shape index (κ3) is 5.10. The molecule has 202 valence electrons. The molecule has 0 bridgehead atoms. The summed E-state index contributed by atoms with van der Waals surface area (Å²) in [6.45, 7) is 2.34. The molecular formula is C36H35NO2S. The van der Waals surface area contributed by atoms with Gasteiger partial charge in [-0.25, -0.2) is 8.42 Å². The van der Waals surface area contributed by atoms with E-state index in [1.54, 1.807) is 16.4 Å². The van der Waals surface area contributed by atoms with Gasteiger partial charge in [-0.15, -0.1) is 0 Å². The Kier molecular flexibility index (Phi) is 7.55. The lowest BCUT2D eigenvalue weighted by Gasteiger charge is -2.41. The predicted molar refractivity (Wildman–Crippen MR) is 164 cm³/mol. The first-order valence-corrected chi connectivity index (χ1v) is 15.7. The van der Waals surface area contributed by atoms with Crippen LogP contribution in [0.5, 0.6) is 0 Å². The van der Waals surface area contributed by atoms with Crippen molar-refractivity contribution in [2.75, 3.05) is 6.54 Å². The van der Waals surface area contributed by atoms with Gasteiger partial charge in [0, 0.05) is 6.54 Å². The van der Waals surface area contributed by atoms with Crippen molar-refractivity contribution in [3.63, 3.8) is 0 Å². The number of allylic oxidation sites excluding steroid dienone is 1. The lowest BCUT2D eigenvalue weighted by Crippen LogP contribution is -2.40. The van der Waals surface area contributed by atoms with Crippen LogP contribution in [0.15, 0.2) is 131 Å². The van der Waals surface area contributed by atoms with Gasteiger partial charge in [-0.2, -0.15) is 4.31 Å². The minimum Gasteiger partial charge on any atom is -0.207 e. The molecule has 1 fully saturated rings. The lowest BCUT2D eigenvalue weighted by molar-refractivity contribution is 0.392. The van der Waals surface area contributed by atoms with Crippen LogP contribution >= 0.6 is 0 Å². The van der Waals surface area contributed by atoms with E-state index in [2.05, 4.69) is 48.5 Å². The Morgan fingerprint density at radius 3 is 1.80 bits per heavy atom. The number of hydrogen-bond donors (Lipinski definition) is 0. The number of sulfonamides is 1. The smallest absolute Gasteiger partial charge is 0.207 e. The first-order valence-electron chi connectivity index (χ1n) is 14.2. The molecule has 4 aromatic rings. The normalized spacial score (nSPS) is 18.7. The van der Waals surface area contributed by atoms with E-state index in [0.29, 0.717) is 11.4 Å². The summed E-state index contributed by atoms with van der Waals surface area (Å²) in [6, 6.07) is 37.9. The molecule has 6 rings (SSSR count). The number of hydrogen-bond acceptors (Lipinski definition) is 2. The van der Waals surface area contributed by atoms with E-state index in [1.165, 1.54) is 23.1 Å². The van der Waals surface area contributed by atoms with Gasteiger partial charge < -0.3 is 0 Å². The molecule has 1 aliphatic heterocycles. The van der Waals surface area contributed by atoms with Crippen molar-refractivity contribution in [3.8, 4) is 0 Å². The standard InChI is InChI=1S/C36H35NO2S/c1-27-22-24-32(25-23-27)40(38,39)37-26-33(28-14-6-2-7-15-28)34(29-16-8-3-9-17-29)35(30-18-10-4-11-19-30)36(37)31-20-12-5-13-21-31/h3-5,8-13,16-25,36H,2,6-7,14-15,26H2,1H3. The minimum atomic E-state index is -3.83. The zero-order valence-electron chi connectivity index (χ0n) is 23.0. The average Bonchev–Trinajstić information content (AvgIpc) is 3.02. The van der Waals surface area contributed by atoms with Crippen LogP contribution in [0.4, 0.5) is 0 Å². The molecular weight excluding hydrogens is 510 g/mol. The molecule has 0 spiro atoms. The third-order valence-electron chi connectivity index (χ3n) is 8.22. The fourth-order valence-corrected chi connectivity index (χ4v) is 7.79. The second-order valence-corrected chi connectivity index (χ2v) is 12.7. The molecule has 1 heterocycles. The summed E-state index contributed by atoms with van der Waals surface area (Å²) in [7, 11) is -3.83. The van der Waals surface area contributed by atoms with Gasteiger partial charge in [0.05, 0.1) is 10.9 Å². The molecule has 0 radical (unpaired) electrons. The minimum absolute atomic E-state index is 0.336. The molecule has 4 heteroatoms. The highest BCUT2D eigenvalue weighted by Crippen LogP contribution is 2.50. The van der Waals surface area contributed by atoms with Crippen molar-refractivity contribution in [2.45, 2.75) is 50.0 Å². The Bertz CT molecular complexity index is 1630. The molecule has 4 aromatic carbocycles. The van der Waals surface area contributed by atoms with Gasteiger partial charge in [-0.1, -0.05) is 121 Å². The fraction of sp³-hybridized carbons (Fsp3) is 0.222. The lowest BCUT2D eigenvalue weighted by atomic mass is 9.77. The Balaban J connectivity index is 1.70. The molecule has 3 nitrogen and oxygen atoms in total. The van der Waals surface area contributed by atoms with Crippen molar-refractivity contribution >= 4 is 21.2 Å². The molecule has 0 N–H and O–H groups in total. The summed E-state index contributed by atoms with van der Waals surface area (Å²) >= 11 is 0. The van der Waals surface area contributed by atoms with Gasteiger partial charge in [-0.05, 0) is 78.1 Å². The third-order valence-corrected chi connectivity index (χ3v) is 10.0. The summed E-state index contributed by atoms with van der Waals surface area (Å²) in [5.41, 5.74) is 9.01. The van der Waals surface area contributed by atoms with Crippen molar-refractivity contribution in [1.82, 2.24) is 4.31 Å². The van der Waals surface area contributed by atoms with Crippen LogP contribution < -0.4 is 0 Å². The van der Waals surface area contributed by atoms with E-state index in [0.717, 1.165) is 53.5 Å². The Labute approximate surface area is 238 Å². The highest BCUT2D eigenvalue weighted by atomic mass is 32.2. The van der Waals surface area contributed by atoms with E-state index in [4.69, 9.17) is 0 Å². The fourth-order valence-electron chi connectivity index (χ4n) is 6.23. The second-order valence-electron chi connectivity index (χ2n) is 10.8. The molecule has 1 saturated carbocycles. The van der Waals surface area contributed by atoms with Gasteiger partial charge in [0.2, 0.25) is 10.0 Å². The maximum atomic E-state index is 14.6. The number of rotatable bonds is 5. The quantitative estimate of drug-likeness (QED) is 0.252. The summed E-state index contributed by atoms with van der Waals surface area (Å²) < 4.78 is 31.0. The van der Waals surface area contributed by atoms with Crippen molar-refractivity contribution < 1.29 is 8.42 Å². The SMILES string of the molecule is Cc1ccc(S(=O)(=O)N2CC(=C3CCCCC3)C(c3ccccc3)=C(c3ccccc3)C2c2ccccc2)cc1. The van der Waals surface area contributed by atoms with Crippen LogP contribution in [-0.4, -0.2) is 19.3 Å². The summed E-state index contributed by atoms with van der Waals surface area (Å²) in [6.07, 6.45) is 5.55. The largest absolute Gasteiger partial charge is 0.244 e. The van der Waals surface area contributed by atoms with Crippen LogP contribution in [0, 0.1) is 6.92 Å². The van der Waals surface area contributed by atoms with Gasteiger partial charge in [0.25, 0.3) is 0 Å². The van der Waals surface area contributed by atoms with Gasteiger partial charge >= 0.3 is 0 Å². The maximum Gasteiger partial charge on any atom is 0.244 e. The van der Waals surface area contributed by atoms with Gasteiger partial charge in [0.1, 0.15) is 0 Å². The summed E-state index contributed by atoms with van der Waals surface area (Å²) in [4.78, 5) is 0.336. The van der Waals surface area contributed by atoms with Crippen molar-refractivity contribution in [3.05, 3.63) is 149 Å². The zero-order chi connectivity index (χ0) is 27.5. The van der Waals surface area contributed by atoms with Crippen molar-refractivity contribution in [1.29, 1.82) is 0 Å². The number of nitrogens with zero attached hydrogens (tertiary/aromatic N) is 1. The molecule has 1 unspecified atom stereocenters. The topological polar surface area (TPSA) is 37.4 Å². The maximum absolute atomic E-state index is 14.6. The Morgan fingerprint density at radius 2 is 1.20 bits per heavy atom. The Morgan fingerprint density at radius 1 is 0.650 bits per heavy atom. The number of aryl methyl sites for hydroxylation is 1. The monoisotopic (exact) mass is 545 g/mol. The summed E-state index contributed by atoms with van der Waals surface area (Å²) in [5.74, 6) is 0. The van der Waals surface area contributed by atoms with Gasteiger partial charge in [-0.3, -0.25) is 0 Å². The highest BCUT2D eigenvalue weighted by molar-refractivity contribution is 7.89. The average molecular weight is 546 g/mol. The molecule has 1 aliphatic carbocycles. The molecule has 40 heavy (non-hydrogen) atoms. The van der Waals surface area contributed by atoms with Crippen LogP contribution in [0.1, 0.15) is 60.4 Å². The molecule has 0 saturated heterocycles. The summed E-state index contributed by atoms with van der Waals surface area (Å²) in [5, 5.41) is 0. The molecule has 2 aliphatic rings. The second kappa shape index (κ2) is 11.4. The molecule has 0 aromatic heterocycles. The first kappa shape index (κ1) is 26.5. The van der Waals surface area contributed by atoms with Crippen molar-refractivity contribution in [2.24, 2.45) is 0 Å². The Hall–Kier alpha value is -3.73. The first-order chi connectivity index (χ1) is 19.5.